The van der Waals surface area contributed by atoms with Crippen LogP contribution < -0.4 is 4.74 Å². The number of hydrogen-bond acceptors (Lipinski definition) is 2. The van der Waals surface area contributed by atoms with Crippen LogP contribution in [0.5, 0.6) is 5.75 Å². The van der Waals surface area contributed by atoms with E-state index in [4.69, 9.17) is 16.3 Å². The molecule has 0 aliphatic heterocycles. The Bertz CT molecular complexity index is 301. The summed E-state index contributed by atoms with van der Waals surface area (Å²) >= 11 is 9.00. The van der Waals surface area contributed by atoms with Gasteiger partial charge in [-0.25, -0.2) is 4.98 Å². The lowest BCUT2D eigenvalue weighted by Gasteiger charge is -2.03. The summed E-state index contributed by atoms with van der Waals surface area (Å²) in [7, 11) is 0. The molecule has 4 heteroatoms. The first kappa shape index (κ1) is 8.32. The van der Waals surface area contributed by atoms with Crippen molar-refractivity contribution < 1.29 is 4.74 Å². The van der Waals surface area contributed by atoms with E-state index < -0.39 is 0 Å². The molecule has 0 aromatic carbocycles. The van der Waals surface area contributed by atoms with E-state index >= 15 is 0 Å². The maximum absolute atomic E-state index is 5.72. The topological polar surface area (TPSA) is 22.1 Å². The summed E-state index contributed by atoms with van der Waals surface area (Å²) in [4.78, 5) is 3.95. The predicted molar refractivity (Wildman–Crippen MR) is 50.6 cm³/mol. The van der Waals surface area contributed by atoms with Crippen LogP contribution in [0.4, 0.5) is 0 Å². The van der Waals surface area contributed by atoms with Crippen molar-refractivity contribution in [1.29, 1.82) is 0 Å². The van der Waals surface area contributed by atoms with Gasteiger partial charge in [0.1, 0.15) is 10.9 Å². The molecule has 1 aromatic rings. The highest BCUT2D eigenvalue weighted by Gasteiger charge is 2.23. The van der Waals surface area contributed by atoms with Crippen molar-refractivity contribution in [3.8, 4) is 5.75 Å². The molecule has 2 nitrogen and oxygen atoms in total. The second kappa shape index (κ2) is 3.23. The summed E-state index contributed by atoms with van der Waals surface area (Å²) in [6.45, 7) is 0. The van der Waals surface area contributed by atoms with E-state index in [1.54, 1.807) is 6.20 Å². The number of hydrogen-bond donors (Lipinski definition) is 0. The summed E-state index contributed by atoms with van der Waals surface area (Å²) in [5.74, 6) is 0.786. The molecule has 2 rings (SSSR count). The Hall–Kier alpha value is -0.280. The zero-order chi connectivity index (χ0) is 8.55. The SMILES string of the molecule is Clc1ncc(OC2CC2)cc1Br. The molecule has 0 bridgehead atoms. The third-order valence-electron chi connectivity index (χ3n) is 1.60. The standard InChI is InChI=1S/C8H7BrClNO/c9-7-3-6(4-11-8(7)10)12-5-1-2-5/h3-5H,1-2H2. The van der Waals surface area contributed by atoms with Gasteiger partial charge in [-0.1, -0.05) is 11.6 Å². The van der Waals surface area contributed by atoms with Gasteiger partial charge < -0.3 is 4.74 Å². The Kier molecular flexibility index (Phi) is 2.24. The van der Waals surface area contributed by atoms with Crippen molar-refractivity contribution in [1.82, 2.24) is 4.98 Å². The van der Waals surface area contributed by atoms with Gasteiger partial charge in [0.2, 0.25) is 0 Å². The van der Waals surface area contributed by atoms with Crippen LogP contribution >= 0.6 is 27.5 Å². The lowest BCUT2D eigenvalue weighted by molar-refractivity contribution is 0.302. The van der Waals surface area contributed by atoms with Gasteiger partial charge in [-0.05, 0) is 34.8 Å². The van der Waals surface area contributed by atoms with Gasteiger partial charge in [0, 0.05) is 0 Å². The summed E-state index contributed by atoms with van der Waals surface area (Å²) in [6, 6.07) is 1.84. The van der Waals surface area contributed by atoms with Crippen molar-refractivity contribution in [3.05, 3.63) is 21.9 Å². The van der Waals surface area contributed by atoms with Crippen molar-refractivity contribution in [2.24, 2.45) is 0 Å². The molecule has 1 fully saturated rings. The minimum atomic E-state index is 0.403. The van der Waals surface area contributed by atoms with E-state index in [0.29, 0.717) is 11.3 Å². The van der Waals surface area contributed by atoms with Crippen LogP contribution in [0.25, 0.3) is 0 Å². The second-order valence-electron chi connectivity index (χ2n) is 2.76. The maximum Gasteiger partial charge on any atom is 0.143 e. The van der Waals surface area contributed by atoms with Crippen LogP contribution in [0.2, 0.25) is 5.15 Å². The Morgan fingerprint density at radius 2 is 2.33 bits per heavy atom. The molecule has 1 heterocycles. The monoisotopic (exact) mass is 247 g/mol. The third-order valence-corrected chi connectivity index (χ3v) is 2.73. The van der Waals surface area contributed by atoms with Crippen LogP contribution in [0.1, 0.15) is 12.8 Å². The average molecular weight is 249 g/mol. The van der Waals surface area contributed by atoms with Crippen molar-refractivity contribution in [2.45, 2.75) is 18.9 Å². The third kappa shape index (κ3) is 1.90. The van der Waals surface area contributed by atoms with Gasteiger partial charge in [-0.15, -0.1) is 0 Å². The Labute approximate surface area is 84.0 Å². The molecule has 0 N–H and O–H groups in total. The van der Waals surface area contributed by atoms with Crippen LogP contribution in [-0.4, -0.2) is 11.1 Å². The fourth-order valence-electron chi connectivity index (χ4n) is 0.846. The van der Waals surface area contributed by atoms with Gasteiger partial charge in [0.15, 0.2) is 0 Å². The first-order chi connectivity index (χ1) is 5.75. The van der Waals surface area contributed by atoms with Gasteiger partial charge in [0.25, 0.3) is 0 Å². The quantitative estimate of drug-likeness (QED) is 0.751. The minimum Gasteiger partial charge on any atom is -0.489 e. The molecule has 0 unspecified atom stereocenters. The number of pyridine rings is 1. The highest BCUT2D eigenvalue weighted by atomic mass is 79.9. The van der Waals surface area contributed by atoms with Crippen LogP contribution in [0, 0.1) is 0 Å². The Morgan fingerprint density at radius 3 is 2.92 bits per heavy atom. The first-order valence-electron chi connectivity index (χ1n) is 3.73. The Morgan fingerprint density at radius 1 is 1.58 bits per heavy atom. The van der Waals surface area contributed by atoms with E-state index in [1.165, 1.54) is 0 Å². The zero-order valence-electron chi connectivity index (χ0n) is 6.26. The summed E-state index contributed by atoms with van der Waals surface area (Å²) in [6.07, 6.45) is 4.35. The van der Waals surface area contributed by atoms with E-state index in [1.807, 2.05) is 6.07 Å². The lowest BCUT2D eigenvalue weighted by Crippen LogP contribution is -1.96. The first-order valence-corrected chi connectivity index (χ1v) is 4.90. The molecule has 64 valence electrons. The van der Waals surface area contributed by atoms with Gasteiger partial charge >= 0.3 is 0 Å². The highest BCUT2D eigenvalue weighted by molar-refractivity contribution is 9.10. The predicted octanol–water partition coefficient (Wildman–Crippen LogP) is 3.04. The van der Waals surface area contributed by atoms with Crippen molar-refractivity contribution >= 4 is 27.5 Å². The molecule has 0 saturated heterocycles. The number of aromatic nitrogens is 1. The summed E-state index contributed by atoms with van der Waals surface area (Å²) in [5, 5.41) is 0.471. The van der Waals surface area contributed by atoms with Crippen LogP contribution in [0.15, 0.2) is 16.7 Å². The van der Waals surface area contributed by atoms with E-state index in [-0.39, 0.29) is 0 Å². The molecule has 1 aromatic heterocycles. The summed E-state index contributed by atoms with van der Waals surface area (Å²) in [5.41, 5.74) is 0. The highest BCUT2D eigenvalue weighted by Crippen LogP contribution is 2.29. The number of rotatable bonds is 2. The van der Waals surface area contributed by atoms with Gasteiger partial charge in [-0.2, -0.15) is 0 Å². The molecule has 0 amide bonds. The molecule has 0 atom stereocenters. The van der Waals surface area contributed by atoms with Crippen molar-refractivity contribution in [3.63, 3.8) is 0 Å². The van der Waals surface area contributed by atoms with Gasteiger partial charge in [0.05, 0.1) is 16.8 Å². The molecule has 0 radical (unpaired) electrons. The number of ether oxygens (including phenoxy) is 1. The number of nitrogens with zero attached hydrogens (tertiary/aromatic N) is 1. The smallest absolute Gasteiger partial charge is 0.143 e. The normalized spacial score (nSPS) is 16.2. The van der Waals surface area contributed by atoms with Crippen molar-refractivity contribution in [2.75, 3.05) is 0 Å². The van der Waals surface area contributed by atoms with Crippen LogP contribution in [-0.2, 0) is 0 Å². The van der Waals surface area contributed by atoms with Gasteiger partial charge in [-0.3, -0.25) is 0 Å². The van der Waals surface area contributed by atoms with Crippen LogP contribution in [0.3, 0.4) is 0 Å². The summed E-state index contributed by atoms with van der Waals surface area (Å²) < 4.78 is 6.29. The molecule has 1 aliphatic rings. The maximum atomic E-state index is 5.72. The fourth-order valence-corrected chi connectivity index (χ4v) is 1.28. The molecular weight excluding hydrogens is 241 g/mol. The molecular formula is C8H7BrClNO. The number of halogens is 2. The Balaban J connectivity index is 2.15. The second-order valence-corrected chi connectivity index (χ2v) is 3.97. The van der Waals surface area contributed by atoms with E-state index in [9.17, 15) is 0 Å². The fraction of sp³-hybridized carbons (Fsp3) is 0.375. The molecule has 1 saturated carbocycles. The largest absolute Gasteiger partial charge is 0.489 e. The molecule has 0 spiro atoms. The minimum absolute atomic E-state index is 0.403. The average Bonchev–Trinajstić information content (AvgIpc) is 2.81. The van der Waals surface area contributed by atoms with E-state index in [2.05, 4.69) is 20.9 Å². The molecule has 1 aliphatic carbocycles. The van der Waals surface area contributed by atoms with E-state index in [0.717, 1.165) is 23.1 Å². The molecule has 12 heavy (non-hydrogen) atoms. The zero-order valence-corrected chi connectivity index (χ0v) is 8.60. The lowest BCUT2D eigenvalue weighted by atomic mass is 10.5.